The van der Waals surface area contributed by atoms with E-state index in [1.165, 1.54) is 24.3 Å². The number of anilines is 1. The third kappa shape index (κ3) is 9.58. The fraction of sp³-hybridized carbons (Fsp3) is 0.438. The summed E-state index contributed by atoms with van der Waals surface area (Å²) in [6.45, 7) is 1.54. The van der Waals surface area contributed by atoms with Crippen molar-refractivity contribution < 1.29 is 53.5 Å². The topological polar surface area (TPSA) is 113 Å². The van der Waals surface area contributed by atoms with Crippen LogP contribution in [0.25, 0.3) is 11.3 Å². The van der Waals surface area contributed by atoms with Gasteiger partial charge in [-0.05, 0) is 42.8 Å². The van der Waals surface area contributed by atoms with Gasteiger partial charge in [-0.1, -0.05) is 24.9 Å². The normalized spacial score (nSPS) is 17.7. The molecule has 2 saturated heterocycles. The maximum atomic E-state index is 13.5. The van der Waals surface area contributed by atoms with E-state index in [9.17, 15) is 53.5 Å². The van der Waals surface area contributed by atoms with Crippen molar-refractivity contribution in [3.63, 3.8) is 0 Å². The summed E-state index contributed by atoms with van der Waals surface area (Å²) in [5, 5.41) is 11.0. The van der Waals surface area contributed by atoms with Crippen LogP contribution >= 0.6 is 11.6 Å². The van der Waals surface area contributed by atoms with E-state index >= 15 is 0 Å². The lowest BCUT2D eigenvalue weighted by molar-refractivity contribution is -0.143. The molecule has 0 radical (unpaired) electrons. The van der Waals surface area contributed by atoms with E-state index < -0.39 is 72.6 Å². The Morgan fingerprint density at radius 3 is 1.69 bits per heavy atom. The Labute approximate surface area is 304 Å². The molecule has 22 heteroatoms. The molecule has 2 unspecified atom stereocenters. The first-order valence-electron chi connectivity index (χ1n) is 16.3. The number of carbonyl (C=O) groups excluding carboxylic acids is 2. The summed E-state index contributed by atoms with van der Waals surface area (Å²) in [6, 6.07) is 5.51. The quantitative estimate of drug-likeness (QED) is 0.130. The van der Waals surface area contributed by atoms with Crippen LogP contribution < -0.4 is 5.32 Å². The van der Waals surface area contributed by atoms with Gasteiger partial charge in [0.25, 0.3) is 12.2 Å². The van der Waals surface area contributed by atoms with Gasteiger partial charge in [0.15, 0.2) is 22.7 Å². The molecule has 0 aromatic carbocycles. The fourth-order valence-corrected chi connectivity index (χ4v) is 6.15. The highest BCUT2D eigenvalue weighted by molar-refractivity contribution is 6.29. The second-order valence-corrected chi connectivity index (χ2v) is 12.8. The van der Waals surface area contributed by atoms with Crippen LogP contribution in [0.15, 0.2) is 48.6 Å². The number of imidazole rings is 2. The molecule has 0 saturated carbocycles. The summed E-state index contributed by atoms with van der Waals surface area (Å²) in [6.07, 6.45) is -10.6. The highest BCUT2D eigenvalue weighted by Gasteiger charge is 2.41. The largest absolute Gasteiger partial charge is 0.435 e. The lowest BCUT2D eigenvalue weighted by Gasteiger charge is -2.17. The fourth-order valence-electron chi connectivity index (χ4n) is 6.01. The van der Waals surface area contributed by atoms with Crippen molar-refractivity contribution in [1.29, 1.82) is 0 Å². The first-order chi connectivity index (χ1) is 25.3. The zero-order valence-corrected chi connectivity index (χ0v) is 28.8. The number of amides is 2. The van der Waals surface area contributed by atoms with E-state index in [1.807, 2.05) is 6.92 Å². The van der Waals surface area contributed by atoms with Crippen molar-refractivity contribution in [1.82, 2.24) is 39.0 Å². The van der Waals surface area contributed by atoms with Crippen molar-refractivity contribution in [3.8, 4) is 0 Å². The molecule has 4 aromatic heterocycles. The second-order valence-electron chi connectivity index (χ2n) is 12.4. The molecule has 2 amide bonds. The van der Waals surface area contributed by atoms with Crippen molar-refractivity contribution in [2.24, 2.45) is 11.8 Å². The second kappa shape index (κ2) is 16.2. The first kappa shape index (κ1) is 40.2. The zero-order chi connectivity index (χ0) is 39.5. The number of nitrogens with zero attached hydrogens (tertiary/aromatic N) is 8. The standard InChI is InChI=1S/C18H20F5N5O.C14H10ClF5N4O/c1-2-3-6-24-14-4-5-15-25-17(18(21,22)23)12(28(15)26-14)10-27-9-11(7-13(19)20)8-16(27)29;15-9-1-2-11-21-13(14(18,19)20)8(24(11)22-9)6-23-5-7(3-10(16)17)4-12(23)25/h4-5,7,11H,2-3,6,8-10H2,1H3,(H,24,26);1-3,7H,4-6H2. The van der Waals surface area contributed by atoms with Gasteiger partial charge in [0.05, 0.1) is 24.5 Å². The van der Waals surface area contributed by atoms with Gasteiger partial charge in [-0.15, -0.1) is 5.10 Å². The smallest absolute Gasteiger partial charge is 0.369 e. The molecule has 2 fully saturated rings. The lowest BCUT2D eigenvalue weighted by Crippen LogP contribution is -2.27. The highest BCUT2D eigenvalue weighted by atomic mass is 35.5. The van der Waals surface area contributed by atoms with Gasteiger partial charge < -0.3 is 15.1 Å². The molecule has 0 aliphatic carbocycles. The maximum Gasteiger partial charge on any atom is 0.435 e. The minimum absolute atomic E-state index is 0.00809. The number of likely N-dealkylation sites (tertiary alicyclic amines) is 2. The first-order valence-corrected chi connectivity index (χ1v) is 16.6. The van der Waals surface area contributed by atoms with Gasteiger partial charge in [-0.3, -0.25) is 9.59 Å². The zero-order valence-electron chi connectivity index (χ0n) is 28.0. The molecular weight excluding hydrogens is 768 g/mol. The van der Waals surface area contributed by atoms with Gasteiger partial charge in [-0.2, -0.15) is 49.0 Å². The molecule has 4 aromatic rings. The number of carbonyl (C=O) groups is 2. The summed E-state index contributed by atoms with van der Waals surface area (Å²) in [4.78, 5) is 33.4. The van der Waals surface area contributed by atoms with Crippen molar-refractivity contribution in [2.45, 2.75) is 58.0 Å². The Morgan fingerprint density at radius 2 is 1.24 bits per heavy atom. The van der Waals surface area contributed by atoms with Crippen LogP contribution in [0, 0.1) is 11.8 Å². The minimum Gasteiger partial charge on any atom is -0.369 e. The van der Waals surface area contributed by atoms with Gasteiger partial charge in [0.2, 0.25) is 11.8 Å². The van der Waals surface area contributed by atoms with Crippen molar-refractivity contribution in [3.05, 3.63) is 76.5 Å². The molecular formula is C32H30ClF10N9O2. The molecule has 0 spiro atoms. The van der Waals surface area contributed by atoms with Crippen LogP contribution in [0.5, 0.6) is 0 Å². The third-order valence-electron chi connectivity index (χ3n) is 8.38. The molecule has 2 atom stereocenters. The van der Waals surface area contributed by atoms with Gasteiger partial charge in [0.1, 0.15) is 11.0 Å². The number of rotatable bonds is 10. The van der Waals surface area contributed by atoms with E-state index in [0.29, 0.717) is 24.5 Å². The van der Waals surface area contributed by atoms with Crippen LogP contribution in [-0.4, -0.2) is 70.4 Å². The Kier molecular flexibility index (Phi) is 12.1. The Morgan fingerprint density at radius 1 is 0.778 bits per heavy atom. The monoisotopic (exact) mass is 797 g/mol. The number of fused-ring (bicyclic) bond motifs is 2. The Hall–Kier alpha value is -4.95. The summed E-state index contributed by atoms with van der Waals surface area (Å²) >= 11 is 5.73. The number of aromatic nitrogens is 6. The van der Waals surface area contributed by atoms with E-state index in [0.717, 1.165) is 31.7 Å². The van der Waals surface area contributed by atoms with Crippen molar-refractivity contribution in [2.75, 3.05) is 25.0 Å². The van der Waals surface area contributed by atoms with E-state index in [2.05, 4.69) is 25.5 Å². The Bertz CT molecular complexity index is 2070. The lowest BCUT2D eigenvalue weighted by atomic mass is 10.1. The van der Waals surface area contributed by atoms with E-state index in [1.54, 1.807) is 0 Å². The van der Waals surface area contributed by atoms with Gasteiger partial charge in [0, 0.05) is 44.3 Å². The Balaban J connectivity index is 0.000000210. The number of halogens is 11. The van der Waals surface area contributed by atoms with Crippen LogP contribution in [0.4, 0.5) is 49.7 Å². The maximum absolute atomic E-state index is 13.5. The summed E-state index contributed by atoms with van der Waals surface area (Å²) in [7, 11) is 0. The third-order valence-corrected chi connectivity index (χ3v) is 8.58. The molecule has 292 valence electrons. The van der Waals surface area contributed by atoms with Gasteiger partial charge >= 0.3 is 12.4 Å². The molecule has 2 aliphatic rings. The summed E-state index contributed by atoms with van der Waals surface area (Å²) in [5.41, 5.74) is -3.09. The van der Waals surface area contributed by atoms with Crippen LogP contribution in [0.1, 0.15) is 55.4 Å². The molecule has 6 heterocycles. The number of hydrogen-bond acceptors (Lipinski definition) is 7. The number of alkyl halides is 6. The number of unbranched alkanes of at least 4 members (excludes halogenated alkanes) is 1. The molecule has 0 bridgehead atoms. The van der Waals surface area contributed by atoms with E-state index in [-0.39, 0.29) is 53.8 Å². The molecule has 1 N–H and O–H groups in total. The number of nitrogens with one attached hydrogen (secondary N) is 1. The predicted octanol–water partition coefficient (Wildman–Crippen LogP) is 7.62. The van der Waals surface area contributed by atoms with Crippen LogP contribution in [-0.2, 0) is 35.0 Å². The average molecular weight is 798 g/mol. The number of hydrogen-bond donors (Lipinski definition) is 1. The molecule has 11 nitrogen and oxygen atoms in total. The average Bonchev–Trinajstić information content (AvgIpc) is 3.80. The summed E-state index contributed by atoms with van der Waals surface area (Å²) < 4.78 is 132. The molecule has 54 heavy (non-hydrogen) atoms. The molecule has 2 aliphatic heterocycles. The van der Waals surface area contributed by atoms with E-state index in [4.69, 9.17) is 11.6 Å². The predicted molar refractivity (Wildman–Crippen MR) is 172 cm³/mol. The molecule has 6 rings (SSSR count). The highest BCUT2D eigenvalue weighted by Crippen LogP contribution is 2.35. The summed E-state index contributed by atoms with van der Waals surface area (Å²) in [5.74, 6) is -2.12. The van der Waals surface area contributed by atoms with Crippen LogP contribution in [0.3, 0.4) is 0 Å². The van der Waals surface area contributed by atoms with Gasteiger partial charge in [-0.25, -0.2) is 19.0 Å². The SMILES string of the molecule is CCCCNc1ccc2nc(C(F)(F)F)c(CN3CC(C=C(F)F)CC3=O)n2n1.O=C1CC(C=C(F)F)CN1Cc1c(C(F)(F)F)nc2ccc(Cl)nn12. The van der Waals surface area contributed by atoms with Crippen LogP contribution in [0.2, 0.25) is 5.15 Å². The van der Waals surface area contributed by atoms with Crippen molar-refractivity contribution >= 4 is 40.5 Å². The minimum atomic E-state index is -4.76.